The van der Waals surface area contributed by atoms with E-state index in [0.717, 1.165) is 37.9 Å². The van der Waals surface area contributed by atoms with Crippen molar-refractivity contribution in [2.75, 3.05) is 6.54 Å². The van der Waals surface area contributed by atoms with Crippen molar-refractivity contribution < 1.29 is 7.86 Å². The average Bonchev–Trinajstić information content (AvgIpc) is 3.59. The Morgan fingerprint density at radius 1 is 1.21 bits per heavy atom. The molecule has 0 aliphatic heterocycles. The molecule has 2 heterocycles. The molecule has 0 saturated heterocycles. The molecule has 2 aromatic carbocycles. The molecular formula is C28H28IN3O2. The number of nitrogens with zero attached hydrogens (tertiary/aromatic N) is 1. The zero-order valence-corrected chi connectivity index (χ0v) is 21.3. The van der Waals surface area contributed by atoms with Crippen LogP contribution in [0.15, 0.2) is 67.0 Å². The van der Waals surface area contributed by atoms with Gasteiger partial charge in [0.05, 0.1) is 0 Å². The van der Waals surface area contributed by atoms with Crippen LogP contribution >= 0.6 is 23.0 Å². The predicted molar refractivity (Wildman–Crippen MR) is 145 cm³/mol. The second kappa shape index (κ2) is 10.2. The smallest absolute Gasteiger partial charge is 0.340 e. The summed E-state index contributed by atoms with van der Waals surface area (Å²) >= 11 is 1.61. The molecule has 2 N–H and O–H groups in total. The third-order valence-electron chi connectivity index (χ3n) is 6.77. The molecule has 0 bridgehead atoms. The fourth-order valence-corrected chi connectivity index (χ4v) is 5.24. The zero-order chi connectivity index (χ0) is 23.5. The van der Waals surface area contributed by atoms with Crippen molar-refractivity contribution >= 4 is 46.0 Å². The molecule has 0 amide bonds. The lowest BCUT2D eigenvalue weighted by Gasteiger charge is -2.29. The summed E-state index contributed by atoms with van der Waals surface area (Å²) in [4.78, 5) is 20.9. The van der Waals surface area contributed by atoms with E-state index in [1.165, 1.54) is 44.9 Å². The number of nitrogens with one attached hydrogen (secondary N) is 2. The monoisotopic (exact) mass is 565 g/mol. The number of hydrogen-bond acceptors (Lipinski definition) is 3. The van der Waals surface area contributed by atoms with Crippen LogP contribution in [0.1, 0.15) is 46.0 Å². The maximum atomic E-state index is 11.5. The van der Waals surface area contributed by atoms with Crippen LogP contribution in [0.25, 0.3) is 17.0 Å². The molecule has 174 valence electrons. The van der Waals surface area contributed by atoms with Gasteiger partial charge in [0.2, 0.25) is 0 Å². The molecule has 5 rings (SSSR count). The summed E-state index contributed by atoms with van der Waals surface area (Å²) in [5.41, 5.74) is 8.89. The number of aryl methyl sites for hydroxylation is 2. The van der Waals surface area contributed by atoms with Crippen LogP contribution in [-0.2, 0) is 27.2 Å². The molecule has 1 atom stereocenters. The van der Waals surface area contributed by atoms with Crippen LogP contribution < -0.4 is 0 Å². The number of aromatic nitrogens is 2. The van der Waals surface area contributed by atoms with Gasteiger partial charge in [-0.2, -0.15) is 0 Å². The summed E-state index contributed by atoms with van der Waals surface area (Å²) in [5.74, 6) is -0.344. The maximum Gasteiger partial charge on any atom is 0.340 e. The third-order valence-corrected chi connectivity index (χ3v) is 7.20. The topological polar surface area (TPSA) is 61.1 Å². The van der Waals surface area contributed by atoms with Gasteiger partial charge in [0.25, 0.3) is 0 Å². The molecule has 0 radical (unpaired) electrons. The molecule has 0 spiro atoms. The minimum absolute atomic E-state index is 0.344. The highest BCUT2D eigenvalue weighted by Gasteiger charge is 2.28. The molecule has 1 aliphatic carbocycles. The Hall–Kier alpha value is -2.84. The normalized spacial score (nSPS) is 15.4. The summed E-state index contributed by atoms with van der Waals surface area (Å²) in [6, 6.07) is 17.8. The van der Waals surface area contributed by atoms with E-state index >= 15 is 0 Å². The Morgan fingerprint density at radius 2 is 2.12 bits per heavy atom. The number of rotatable bonds is 8. The van der Waals surface area contributed by atoms with Crippen molar-refractivity contribution in [1.82, 2.24) is 14.9 Å². The molecular weight excluding hydrogens is 537 g/mol. The summed E-state index contributed by atoms with van der Waals surface area (Å²) in [6.07, 6.45) is 10.6. The van der Waals surface area contributed by atoms with Gasteiger partial charge in [-0.25, -0.2) is 4.79 Å². The van der Waals surface area contributed by atoms with E-state index in [4.69, 9.17) is 0 Å². The third kappa shape index (κ3) is 4.98. The Balaban J connectivity index is 1.37. The lowest BCUT2D eigenvalue weighted by molar-refractivity contribution is -0.126. The molecule has 34 heavy (non-hydrogen) atoms. The SMILES string of the molecule is Cc1ccc2c(CCN(Cc3ccc[nH]3)C3CCc4cc(/C=C/C(=O)OI)ccc43)c[nH]c2c1. The number of H-pyrrole nitrogens is 2. The minimum Gasteiger partial charge on any atom is -0.391 e. The maximum absolute atomic E-state index is 11.5. The number of carbonyl (C=O) groups is 1. The van der Waals surface area contributed by atoms with Gasteiger partial charge in [0, 0.05) is 54.2 Å². The van der Waals surface area contributed by atoms with Crippen LogP contribution in [0.2, 0.25) is 0 Å². The highest BCUT2D eigenvalue weighted by molar-refractivity contribution is 14.1. The average molecular weight is 565 g/mol. The van der Waals surface area contributed by atoms with Crippen molar-refractivity contribution in [2.45, 2.75) is 38.8 Å². The quantitative estimate of drug-likeness (QED) is 0.191. The van der Waals surface area contributed by atoms with E-state index in [1.54, 1.807) is 23.0 Å². The molecule has 1 aliphatic rings. The second-order valence-corrected chi connectivity index (χ2v) is 9.46. The van der Waals surface area contributed by atoms with Gasteiger partial charge in [-0.1, -0.05) is 30.3 Å². The zero-order valence-electron chi connectivity index (χ0n) is 19.2. The summed E-state index contributed by atoms with van der Waals surface area (Å²) in [6.45, 7) is 4.00. The fraction of sp³-hybridized carbons (Fsp3) is 0.250. The molecule has 0 fully saturated rings. The number of benzene rings is 2. The molecule has 1 unspecified atom stereocenters. The summed E-state index contributed by atoms with van der Waals surface area (Å²) in [5, 5.41) is 1.32. The summed E-state index contributed by atoms with van der Waals surface area (Å²) < 4.78 is 4.69. The van der Waals surface area contributed by atoms with Crippen molar-refractivity contribution in [2.24, 2.45) is 0 Å². The second-order valence-electron chi connectivity index (χ2n) is 9.02. The van der Waals surface area contributed by atoms with Crippen LogP contribution in [0.5, 0.6) is 0 Å². The summed E-state index contributed by atoms with van der Waals surface area (Å²) in [7, 11) is 0. The van der Waals surface area contributed by atoms with Crippen molar-refractivity contribution in [3.05, 3.63) is 101 Å². The fourth-order valence-electron chi connectivity index (χ4n) is 5.09. The number of fused-ring (bicyclic) bond motifs is 2. The Bertz CT molecular complexity index is 1320. The van der Waals surface area contributed by atoms with E-state index in [0.29, 0.717) is 6.04 Å². The lowest BCUT2D eigenvalue weighted by Crippen LogP contribution is -2.29. The molecule has 0 saturated carbocycles. The molecule has 5 nitrogen and oxygen atoms in total. The van der Waals surface area contributed by atoms with Gasteiger partial charge in [-0.05, 0) is 78.3 Å². The number of aromatic amines is 2. The number of hydrogen-bond donors (Lipinski definition) is 2. The Morgan fingerprint density at radius 3 is 2.94 bits per heavy atom. The van der Waals surface area contributed by atoms with Crippen molar-refractivity contribution in [1.29, 1.82) is 0 Å². The number of carbonyl (C=O) groups excluding carboxylic acids is 1. The molecule has 2 aromatic heterocycles. The predicted octanol–water partition coefficient (Wildman–Crippen LogP) is 6.44. The van der Waals surface area contributed by atoms with Crippen LogP contribution in [0, 0.1) is 6.92 Å². The van der Waals surface area contributed by atoms with Gasteiger partial charge >= 0.3 is 5.97 Å². The first-order valence-electron chi connectivity index (χ1n) is 11.7. The Labute approximate surface area is 213 Å². The standard InChI is InChI=1S/C28H28IN3O2/c1-19-4-8-24-22(17-31-26(24)15-19)12-14-32(18-23-3-2-13-30-23)27-10-7-21-16-20(5-9-25(21)27)6-11-28(33)34-29/h2-6,8-9,11,13,15-17,27,30-31H,7,10,12,14,18H2,1H3/b11-6+. The first-order valence-corrected chi connectivity index (χ1v) is 12.5. The minimum atomic E-state index is -0.344. The molecule has 4 aromatic rings. The van der Waals surface area contributed by atoms with Crippen LogP contribution in [0.4, 0.5) is 0 Å². The van der Waals surface area contributed by atoms with Gasteiger partial charge < -0.3 is 13.0 Å². The highest BCUT2D eigenvalue weighted by atomic mass is 127. The number of halogens is 1. The van der Waals surface area contributed by atoms with Gasteiger partial charge in [-0.15, -0.1) is 0 Å². The first kappa shape index (κ1) is 22.9. The Kier molecular flexibility index (Phi) is 6.87. The lowest BCUT2D eigenvalue weighted by atomic mass is 10.0. The first-order chi connectivity index (χ1) is 16.6. The van der Waals surface area contributed by atoms with E-state index < -0.39 is 0 Å². The largest absolute Gasteiger partial charge is 0.391 e. The highest BCUT2D eigenvalue weighted by Crippen LogP contribution is 2.37. The van der Waals surface area contributed by atoms with Crippen molar-refractivity contribution in [3.63, 3.8) is 0 Å². The van der Waals surface area contributed by atoms with Gasteiger partial charge in [-0.3, -0.25) is 4.90 Å². The van der Waals surface area contributed by atoms with Gasteiger partial charge in [0.15, 0.2) is 23.0 Å². The van der Waals surface area contributed by atoms with E-state index in [2.05, 4.69) is 79.6 Å². The van der Waals surface area contributed by atoms with Crippen LogP contribution in [0.3, 0.4) is 0 Å². The van der Waals surface area contributed by atoms with E-state index in [-0.39, 0.29) is 5.97 Å². The van der Waals surface area contributed by atoms with Gasteiger partial charge in [0.1, 0.15) is 0 Å². The van der Waals surface area contributed by atoms with E-state index in [1.807, 2.05) is 12.3 Å². The molecule has 6 heteroatoms. The van der Waals surface area contributed by atoms with E-state index in [9.17, 15) is 4.79 Å². The van der Waals surface area contributed by atoms with Crippen molar-refractivity contribution in [3.8, 4) is 0 Å². The van der Waals surface area contributed by atoms with Crippen LogP contribution in [-0.4, -0.2) is 27.4 Å².